The Morgan fingerprint density at radius 3 is 2.84 bits per heavy atom. The van der Waals surface area contributed by atoms with Crippen molar-refractivity contribution in [2.45, 2.75) is 31.7 Å². The van der Waals surface area contributed by atoms with E-state index in [1.807, 2.05) is 30.5 Å². The van der Waals surface area contributed by atoms with Crippen molar-refractivity contribution in [1.29, 1.82) is 0 Å². The van der Waals surface area contributed by atoms with Gasteiger partial charge in [-0.15, -0.1) is 0 Å². The monoisotopic (exact) mass is 257 g/mol. The molecule has 2 aromatic rings. The first-order valence-electron chi connectivity index (χ1n) is 6.81. The molecule has 4 heteroatoms. The minimum atomic E-state index is 0.583. The Morgan fingerprint density at radius 2 is 2.05 bits per heavy atom. The van der Waals surface area contributed by atoms with Gasteiger partial charge >= 0.3 is 0 Å². The van der Waals surface area contributed by atoms with Gasteiger partial charge in [0.1, 0.15) is 5.75 Å². The van der Waals surface area contributed by atoms with Gasteiger partial charge in [0.2, 0.25) is 5.95 Å². The van der Waals surface area contributed by atoms with E-state index in [-0.39, 0.29) is 0 Å². The van der Waals surface area contributed by atoms with Crippen LogP contribution in [-0.2, 0) is 0 Å². The largest absolute Gasteiger partial charge is 0.495 e. The van der Waals surface area contributed by atoms with E-state index < -0.39 is 0 Å². The van der Waals surface area contributed by atoms with E-state index in [0.717, 1.165) is 17.4 Å². The number of hydrogen-bond donors (Lipinski definition) is 1. The van der Waals surface area contributed by atoms with E-state index in [9.17, 15) is 0 Å². The highest BCUT2D eigenvalue weighted by Gasteiger charge is 2.19. The fourth-order valence-electron chi connectivity index (χ4n) is 2.76. The molecule has 0 saturated heterocycles. The number of nitrogens with zero attached hydrogens (tertiary/aromatic N) is 2. The molecule has 1 N–H and O–H groups in total. The lowest BCUT2D eigenvalue weighted by Crippen LogP contribution is -2.08. The van der Waals surface area contributed by atoms with Crippen LogP contribution in [0.3, 0.4) is 0 Å². The zero-order valence-electron chi connectivity index (χ0n) is 11.2. The van der Waals surface area contributed by atoms with E-state index in [0.29, 0.717) is 6.04 Å². The van der Waals surface area contributed by atoms with Crippen LogP contribution in [0.25, 0.3) is 0 Å². The highest BCUT2D eigenvalue weighted by atomic mass is 16.5. The zero-order valence-corrected chi connectivity index (χ0v) is 11.2. The third-order valence-corrected chi connectivity index (χ3v) is 3.74. The van der Waals surface area contributed by atoms with Gasteiger partial charge in [0, 0.05) is 18.4 Å². The summed E-state index contributed by atoms with van der Waals surface area (Å²) in [6.45, 7) is 0. The molecule has 3 rings (SSSR count). The molecule has 1 aliphatic rings. The summed E-state index contributed by atoms with van der Waals surface area (Å²) < 4.78 is 7.61. The van der Waals surface area contributed by atoms with Crippen LogP contribution in [0.5, 0.6) is 5.75 Å². The van der Waals surface area contributed by atoms with Gasteiger partial charge in [0.05, 0.1) is 12.8 Å². The molecule has 0 amide bonds. The Hall–Kier alpha value is -1.97. The maximum absolute atomic E-state index is 5.36. The number of nitrogens with one attached hydrogen (secondary N) is 1. The minimum absolute atomic E-state index is 0.583. The van der Waals surface area contributed by atoms with Crippen LogP contribution in [0.1, 0.15) is 31.7 Å². The zero-order chi connectivity index (χ0) is 13.1. The number of imidazole rings is 1. The number of benzene rings is 1. The molecule has 1 heterocycles. The van der Waals surface area contributed by atoms with Crippen LogP contribution in [0, 0.1) is 0 Å². The fraction of sp³-hybridized carbons (Fsp3) is 0.400. The normalized spacial score (nSPS) is 15.6. The third kappa shape index (κ3) is 2.43. The summed E-state index contributed by atoms with van der Waals surface area (Å²) in [5, 5.41) is 3.38. The maximum Gasteiger partial charge on any atom is 0.207 e. The van der Waals surface area contributed by atoms with Crippen LogP contribution in [0.4, 0.5) is 11.6 Å². The number of para-hydroxylation sites is 2. The number of anilines is 2. The highest BCUT2D eigenvalue weighted by molar-refractivity contribution is 5.62. The number of hydrogen-bond acceptors (Lipinski definition) is 3. The molecule has 1 aliphatic carbocycles. The molecule has 0 bridgehead atoms. The predicted molar refractivity (Wildman–Crippen MR) is 76.0 cm³/mol. The van der Waals surface area contributed by atoms with Crippen molar-refractivity contribution in [3.8, 4) is 5.75 Å². The first-order valence-corrected chi connectivity index (χ1v) is 6.81. The first-order chi connectivity index (χ1) is 9.38. The molecule has 1 aromatic carbocycles. The standard InChI is InChI=1S/C15H19N3O/c1-19-14-9-5-4-8-13(14)17-15-16-10-11-18(15)12-6-2-3-7-12/h4-5,8-12H,2-3,6-7H2,1H3,(H,16,17). The van der Waals surface area contributed by atoms with E-state index in [1.165, 1.54) is 25.7 Å². The molecule has 1 saturated carbocycles. The summed E-state index contributed by atoms with van der Waals surface area (Å²) in [6, 6.07) is 8.50. The SMILES string of the molecule is COc1ccccc1Nc1nccn1C1CCCC1. The summed E-state index contributed by atoms with van der Waals surface area (Å²) in [6.07, 6.45) is 9.05. The summed E-state index contributed by atoms with van der Waals surface area (Å²) in [4.78, 5) is 4.43. The fourth-order valence-corrected chi connectivity index (χ4v) is 2.76. The lowest BCUT2D eigenvalue weighted by atomic mass is 10.2. The van der Waals surface area contributed by atoms with Crippen molar-refractivity contribution >= 4 is 11.6 Å². The number of ether oxygens (including phenoxy) is 1. The highest BCUT2D eigenvalue weighted by Crippen LogP contribution is 2.33. The molecule has 1 fully saturated rings. The van der Waals surface area contributed by atoms with E-state index in [2.05, 4.69) is 21.1 Å². The van der Waals surface area contributed by atoms with Gasteiger partial charge in [-0.1, -0.05) is 25.0 Å². The van der Waals surface area contributed by atoms with Crippen molar-refractivity contribution in [2.24, 2.45) is 0 Å². The number of aromatic nitrogens is 2. The topological polar surface area (TPSA) is 39.1 Å². The summed E-state index contributed by atoms with van der Waals surface area (Å²) in [5.41, 5.74) is 0.954. The third-order valence-electron chi connectivity index (χ3n) is 3.74. The lowest BCUT2D eigenvalue weighted by Gasteiger charge is -2.16. The quantitative estimate of drug-likeness (QED) is 0.906. The molecule has 4 nitrogen and oxygen atoms in total. The van der Waals surface area contributed by atoms with Crippen molar-refractivity contribution in [3.05, 3.63) is 36.7 Å². The van der Waals surface area contributed by atoms with Crippen molar-refractivity contribution < 1.29 is 4.74 Å². The van der Waals surface area contributed by atoms with Gasteiger partial charge in [-0.2, -0.15) is 0 Å². The summed E-state index contributed by atoms with van der Waals surface area (Å²) in [7, 11) is 1.68. The Kier molecular flexibility index (Phi) is 3.40. The second kappa shape index (κ2) is 5.34. The number of methoxy groups -OCH3 is 1. The Morgan fingerprint density at radius 1 is 1.26 bits per heavy atom. The molecular formula is C15H19N3O. The first kappa shape index (κ1) is 12.1. The molecule has 0 atom stereocenters. The average Bonchev–Trinajstić information content (AvgIpc) is 3.09. The molecule has 100 valence electrons. The van der Waals surface area contributed by atoms with Gasteiger partial charge in [-0.3, -0.25) is 0 Å². The van der Waals surface area contributed by atoms with Gasteiger partial charge in [-0.25, -0.2) is 4.98 Å². The number of rotatable bonds is 4. The van der Waals surface area contributed by atoms with E-state index >= 15 is 0 Å². The van der Waals surface area contributed by atoms with Crippen molar-refractivity contribution in [1.82, 2.24) is 9.55 Å². The van der Waals surface area contributed by atoms with Gasteiger partial charge in [0.25, 0.3) is 0 Å². The molecule has 0 radical (unpaired) electrons. The molecule has 0 aliphatic heterocycles. The van der Waals surface area contributed by atoms with E-state index in [1.54, 1.807) is 7.11 Å². The van der Waals surface area contributed by atoms with Crippen LogP contribution < -0.4 is 10.1 Å². The van der Waals surface area contributed by atoms with Crippen LogP contribution in [0.15, 0.2) is 36.7 Å². The van der Waals surface area contributed by atoms with E-state index in [4.69, 9.17) is 4.74 Å². The average molecular weight is 257 g/mol. The van der Waals surface area contributed by atoms with Gasteiger partial charge in [0.15, 0.2) is 0 Å². The molecule has 0 unspecified atom stereocenters. The lowest BCUT2D eigenvalue weighted by molar-refractivity contribution is 0.416. The smallest absolute Gasteiger partial charge is 0.207 e. The summed E-state index contributed by atoms with van der Waals surface area (Å²) in [5.74, 6) is 1.74. The maximum atomic E-state index is 5.36. The molecular weight excluding hydrogens is 238 g/mol. The second-order valence-electron chi connectivity index (χ2n) is 4.92. The Labute approximate surface area is 113 Å². The van der Waals surface area contributed by atoms with Crippen molar-refractivity contribution in [2.75, 3.05) is 12.4 Å². The Bertz CT molecular complexity index is 544. The minimum Gasteiger partial charge on any atom is -0.495 e. The van der Waals surface area contributed by atoms with Crippen molar-refractivity contribution in [3.63, 3.8) is 0 Å². The van der Waals surface area contributed by atoms with Crippen LogP contribution in [-0.4, -0.2) is 16.7 Å². The van der Waals surface area contributed by atoms with Crippen LogP contribution >= 0.6 is 0 Å². The summed E-state index contributed by atoms with van der Waals surface area (Å²) >= 11 is 0. The predicted octanol–water partition coefficient (Wildman–Crippen LogP) is 3.75. The molecule has 1 aromatic heterocycles. The van der Waals surface area contributed by atoms with Gasteiger partial charge in [-0.05, 0) is 25.0 Å². The Balaban J connectivity index is 1.85. The molecule has 0 spiro atoms. The van der Waals surface area contributed by atoms with Crippen LogP contribution in [0.2, 0.25) is 0 Å². The second-order valence-corrected chi connectivity index (χ2v) is 4.92. The van der Waals surface area contributed by atoms with Gasteiger partial charge < -0.3 is 14.6 Å². The molecule has 19 heavy (non-hydrogen) atoms.